The number of pyridine rings is 1. The molecule has 0 radical (unpaired) electrons. The molecule has 2 rings (SSSR count). The van der Waals surface area contributed by atoms with Crippen molar-refractivity contribution in [2.45, 2.75) is 26.2 Å². The number of hydrogen-bond donors (Lipinski definition) is 1. The van der Waals surface area contributed by atoms with E-state index in [1.54, 1.807) is 6.20 Å². The van der Waals surface area contributed by atoms with Crippen molar-refractivity contribution < 1.29 is 0 Å². The van der Waals surface area contributed by atoms with Crippen LogP contribution in [0.15, 0.2) is 30.6 Å². The average molecular weight is 200 g/mol. The van der Waals surface area contributed by atoms with Gasteiger partial charge in [-0.1, -0.05) is 39.0 Å². The van der Waals surface area contributed by atoms with E-state index in [2.05, 4.69) is 37.9 Å². The van der Waals surface area contributed by atoms with Crippen molar-refractivity contribution >= 4 is 16.5 Å². The Morgan fingerprint density at radius 1 is 1.13 bits per heavy atom. The summed E-state index contributed by atoms with van der Waals surface area (Å²) in [7, 11) is 0. The van der Waals surface area contributed by atoms with E-state index in [4.69, 9.17) is 5.73 Å². The number of nitrogen functional groups attached to an aromatic ring is 1. The fourth-order valence-corrected chi connectivity index (χ4v) is 1.89. The van der Waals surface area contributed by atoms with Crippen LogP contribution in [0.25, 0.3) is 10.8 Å². The van der Waals surface area contributed by atoms with Crippen molar-refractivity contribution in [3.8, 4) is 0 Å². The second-order valence-corrected chi connectivity index (χ2v) is 4.88. The number of nitrogens with two attached hydrogens (primary N) is 1. The highest BCUT2D eigenvalue weighted by atomic mass is 14.7. The van der Waals surface area contributed by atoms with Crippen LogP contribution in [0.3, 0.4) is 0 Å². The van der Waals surface area contributed by atoms with Crippen LogP contribution in [-0.4, -0.2) is 4.98 Å². The summed E-state index contributed by atoms with van der Waals surface area (Å²) in [5.74, 6) is 0. The molecule has 0 saturated heterocycles. The Hall–Kier alpha value is -1.57. The fourth-order valence-electron chi connectivity index (χ4n) is 1.89. The van der Waals surface area contributed by atoms with Gasteiger partial charge in [0.05, 0.1) is 11.9 Å². The third kappa shape index (κ3) is 1.67. The lowest BCUT2D eigenvalue weighted by atomic mass is 9.84. The predicted octanol–water partition coefficient (Wildman–Crippen LogP) is 3.11. The van der Waals surface area contributed by atoms with Gasteiger partial charge in [-0.15, -0.1) is 0 Å². The first kappa shape index (κ1) is 9.97. The Bertz CT molecular complexity index is 490. The summed E-state index contributed by atoms with van der Waals surface area (Å²) >= 11 is 0. The van der Waals surface area contributed by atoms with Crippen molar-refractivity contribution in [2.24, 2.45) is 0 Å². The number of fused-ring (bicyclic) bond motifs is 1. The zero-order chi connectivity index (χ0) is 11.1. The maximum Gasteiger partial charge on any atom is 0.0583 e. The zero-order valence-corrected chi connectivity index (χ0v) is 9.41. The Morgan fingerprint density at radius 3 is 2.53 bits per heavy atom. The predicted molar refractivity (Wildman–Crippen MR) is 64.9 cm³/mol. The number of aromatic nitrogens is 1. The van der Waals surface area contributed by atoms with Gasteiger partial charge in [0.15, 0.2) is 0 Å². The number of hydrogen-bond acceptors (Lipinski definition) is 2. The highest BCUT2D eigenvalue weighted by Gasteiger charge is 2.17. The molecule has 0 aliphatic carbocycles. The lowest BCUT2D eigenvalue weighted by Gasteiger charge is -2.21. The van der Waals surface area contributed by atoms with Crippen molar-refractivity contribution in [2.75, 3.05) is 5.73 Å². The molecule has 0 spiro atoms. The van der Waals surface area contributed by atoms with Gasteiger partial charge in [-0.3, -0.25) is 4.98 Å². The van der Waals surface area contributed by atoms with E-state index in [9.17, 15) is 0 Å². The summed E-state index contributed by atoms with van der Waals surface area (Å²) < 4.78 is 0. The summed E-state index contributed by atoms with van der Waals surface area (Å²) in [6, 6.07) is 6.25. The van der Waals surface area contributed by atoms with Crippen LogP contribution in [0.1, 0.15) is 26.3 Å². The Kier molecular flexibility index (Phi) is 2.14. The SMILES string of the molecule is CC(C)(C)c1cccc2cncc(N)c12. The topological polar surface area (TPSA) is 38.9 Å². The second kappa shape index (κ2) is 3.23. The lowest BCUT2D eigenvalue weighted by molar-refractivity contribution is 0.596. The van der Waals surface area contributed by atoms with Crippen molar-refractivity contribution in [1.29, 1.82) is 0 Å². The van der Waals surface area contributed by atoms with Crippen molar-refractivity contribution in [3.05, 3.63) is 36.2 Å². The van der Waals surface area contributed by atoms with E-state index in [1.165, 1.54) is 5.56 Å². The van der Waals surface area contributed by atoms with Gasteiger partial charge >= 0.3 is 0 Å². The van der Waals surface area contributed by atoms with Gasteiger partial charge in [0, 0.05) is 17.0 Å². The minimum Gasteiger partial charge on any atom is -0.397 e. The number of rotatable bonds is 0. The number of anilines is 1. The second-order valence-electron chi connectivity index (χ2n) is 4.88. The molecule has 0 bridgehead atoms. The molecule has 0 saturated carbocycles. The standard InChI is InChI=1S/C13H16N2/c1-13(2,3)10-6-4-5-9-7-15-8-11(14)12(9)10/h4-8H,14H2,1-3H3. The Labute approximate surface area is 90.1 Å². The van der Waals surface area contributed by atoms with Crippen molar-refractivity contribution in [3.63, 3.8) is 0 Å². The Balaban J connectivity index is 2.86. The highest BCUT2D eigenvalue weighted by molar-refractivity contribution is 5.95. The minimum absolute atomic E-state index is 0.106. The molecule has 2 N–H and O–H groups in total. The quantitative estimate of drug-likeness (QED) is 0.709. The van der Waals surface area contributed by atoms with Gasteiger partial charge in [-0.2, -0.15) is 0 Å². The fraction of sp³-hybridized carbons (Fsp3) is 0.308. The molecule has 1 heterocycles. The van der Waals surface area contributed by atoms with Gasteiger partial charge in [0.25, 0.3) is 0 Å². The maximum absolute atomic E-state index is 5.99. The van der Waals surface area contributed by atoms with Gasteiger partial charge in [-0.25, -0.2) is 0 Å². The van der Waals surface area contributed by atoms with E-state index < -0.39 is 0 Å². The summed E-state index contributed by atoms with van der Waals surface area (Å²) in [4.78, 5) is 4.11. The molecule has 0 fully saturated rings. The molecular weight excluding hydrogens is 184 g/mol. The van der Waals surface area contributed by atoms with Gasteiger partial charge in [0.2, 0.25) is 0 Å². The molecule has 0 amide bonds. The smallest absolute Gasteiger partial charge is 0.0583 e. The Morgan fingerprint density at radius 2 is 1.87 bits per heavy atom. The molecule has 2 heteroatoms. The molecular formula is C13H16N2. The van der Waals surface area contributed by atoms with Crippen LogP contribution in [0.4, 0.5) is 5.69 Å². The molecule has 1 aromatic carbocycles. The van der Waals surface area contributed by atoms with Crippen LogP contribution in [0.2, 0.25) is 0 Å². The van der Waals surface area contributed by atoms with Gasteiger partial charge in [-0.05, 0) is 11.0 Å². The van der Waals surface area contributed by atoms with Crippen LogP contribution < -0.4 is 5.73 Å². The summed E-state index contributed by atoms with van der Waals surface area (Å²) in [5.41, 5.74) is 8.14. The van der Waals surface area contributed by atoms with Gasteiger partial charge < -0.3 is 5.73 Å². The van der Waals surface area contributed by atoms with E-state index in [0.29, 0.717) is 0 Å². The minimum atomic E-state index is 0.106. The van der Waals surface area contributed by atoms with E-state index >= 15 is 0 Å². The monoisotopic (exact) mass is 200 g/mol. The van der Waals surface area contributed by atoms with Gasteiger partial charge in [0.1, 0.15) is 0 Å². The number of benzene rings is 1. The van der Waals surface area contributed by atoms with E-state index in [1.807, 2.05) is 12.3 Å². The first-order valence-electron chi connectivity index (χ1n) is 5.13. The van der Waals surface area contributed by atoms with Crippen LogP contribution in [0, 0.1) is 0 Å². The molecule has 0 aliphatic heterocycles. The van der Waals surface area contributed by atoms with Crippen LogP contribution in [0.5, 0.6) is 0 Å². The number of nitrogens with zero attached hydrogens (tertiary/aromatic N) is 1. The summed E-state index contributed by atoms with van der Waals surface area (Å²) in [5, 5.41) is 2.25. The maximum atomic E-state index is 5.99. The first-order valence-corrected chi connectivity index (χ1v) is 5.13. The molecule has 0 atom stereocenters. The first-order chi connectivity index (χ1) is 7.00. The average Bonchev–Trinajstić information content (AvgIpc) is 2.16. The third-order valence-corrected chi connectivity index (χ3v) is 2.62. The summed E-state index contributed by atoms with van der Waals surface area (Å²) in [6.45, 7) is 6.59. The molecule has 0 aliphatic rings. The zero-order valence-electron chi connectivity index (χ0n) is 9.41. The summed E-state index contributed by atoms with van der Waals surface area (Å²) in [6.07, 6.45) is 3.58. The van der Waals surface area contributed by atoms with E-state index in [0.717, 1.165) is 16.5 Å². The van der Waals surface area contributed by atoms with Crippen molar-refractivity contribution in [1.82, 2.24) is 4.98 Å². The molecule has 78 valence electrons. The van der Waals surface area contributed by atoms with Crippen LogP contribution in [-0.2, 0) is 5.41 Å². The third-order valence-electron chi connectivity index (χ3n) is 2.62. The largest absolute Gasteiger partial charge is 0.397 e. The molecule has 2 aromatic rings. The van der Waals surface area contributed by atoms with Crippen LogP contribution >= 0.6 is 0 Å². The lowest BCUT2D eigenvalue weighted by Crippen LogP contribution is -2.12. The molecule has 0 unspecified atom stereocenters. The molecule has 15 heavy (non-hydrogen) atoms. The highest BCUT2D eigenvalue weighted by Crippen LogP contribution is 2.32. The molecule has 1 aromatic heterocycles. The van der Waals surface area contributed by atoms with E-state index in [-0.39, 0.29) is 5.41 Å². The normalized spacial score (nSPS) is 11.9. The molecule has 2 nitrogen and oxygen atoms in total.